The van der Waals surface area contributed by atoms with Gasteiger partial charge in [-0.3, -0.25) is 14.9 Å². The van der Waals surface area contributed by atoms with Gasteiger partial charge in [0.15, 0.2) is 5.76 Å². The van der Waals surface area contributed by atoms with Gasteiger partial charge < -0.3 is 14.2 Å². The molecule has 2 fully saturated rings. The molecule has 1 unspecified atom stereocenters. The first-order valence-electron chi connectivity index (χ1n) is 7.94. The highest BCUT2D eigenvalue weighted by Gasteiger charge is 2.49. The Morgan fingerprint density at radius 2 is 2.22 bits per heavy atom. The fourth-order valence-corrected chi connectivity index (χ4v) is 3.95. The van der Waals surface area contributed by atoms with Crippen molar-refractivity contribution >= 4 is 23.6 Å². The second kappa shape index (κ2) is 6.57. The van der Waals surface area contributed by atoms with E-state index in [9.17, 15) is 9.59 Å². The molecule has 0 aliphatic carbocycles. The fraction of sp³-hybridized carbons (Fsp3) is 0.625. The highest BCUT2D eigenvalue weighted by Crippen LogP contribution is 2.32. The first kappa shape index (κ1) is 16.4. The number of hydrogen-bond donors (Lipinski definition) is 1. The summed E-state index contributed by atoms with van der Waals surface area (Å²) in [5.41, 5.74) is -0.305. The third-order valence-corrected chi connectivity index (χ3v) is 5.58. The molecule has 1 atom stereocenters. The lowest BCUT2D eigenvalue weighted by Crippen LogP contribution is -2.58. The van der Waals surface area contributed by atoms with E-state index in [1.807, 2.05) is 11.9 Å². The maximum atomic E-state index is 12.4. The lowest BCUT2D eigenvalue weighted by atomic mass is 9.96. The minimum absolute atomic E-state index is 0.0734. The number of piperidine rings is 1. The van der Waals surface area contributed by atoms with Crippen molar-refractivity contribution in [1.29, 1.82) is 0 Å². The van der Waals surface area contributed by atoms with Crippen LogP contribution in [0.2, 0.25) is 0 Å². The molecule has 1 spiro atoms. The van der Waals surface area contributed by atoms with Crippen LogP contribution in [-0.2, 0) is 4.79 Å². The Morgan fingerprint density at radius 1 is 1.48 bits per heavy atom. The first-order valence-corrected chi connectivity index (χ1v) is 9.34. The summed E-state index contributed by atoms with van der Waals surface area (Å²) in [5.74, 6) is 1.44. The van der Waals surface area contributed by atoms with Crippen molar-refractivity contribution in [2.24, 2.45) is 0 Å². The molecule has 1 aromatic heterocycles. The SMILES string of the molecule is CSCCC1NC2(CCN(C(=O)c3ccco3)CC2)N(C)C1=O. The van der Waals surface area contributed by atoms with Gasteiger partial charge in [-0.15, -0.1) is 0 Å². The van der Waals surface area contributed by atoms with Gasteiger partial charge in [0.1, 0.15) is 0 Å². The normalized spacial score (nSPS) is 23.7. The Hall–Kier alpha value is -1.47. The number of rotatable bonds is 4. The summed E-state index contributed by atoms with van der Waals surface area (Å²) in [6, 6.07) is 3.31. The molecule has 0 bridgehead atoms. The van der Waals surface area contributed by atoms with Crippen LogP contribution in [0.1, 0.15) is 29.8 Å². The molecule has 1 aromatic rings. The van der Waals surface area contributed by atoms with E-state index in [0.717, 1.165) is 25.0 Å². The maximum absolute atomic E-state index is 12.4. The van der Waals surface area contributed by atoms with Gasteiger partial charge >= 0.3 is 0 Å². The molecule has 2 saturated heterocycles. The van der Waals surface area contributed by atoms with E-state index in [2.05, 4.69) is 11.6 Å². The molecule has 0 aromatic carbocycles. The lowest BCUT2D eigenvalue weighted by molar-refractivity contribution is -0.131. The number of amides is 2. The Labute approximate surface area is 140 Å². The zero-order valence-electron chi connectivity index (χ0n) is 13.6. The number of carbonyl (C=O) groups excluding carboxylic acids is 2. The second-order valence-corrected chi connectivity index (χ2v) is 7.16. The van der Waals surface area contributed by atoms with Gasteiger partial charge in [-0.2, -0.15) is 11.8 Å². The van der Waals surface area contributed by atoms with Gasteiger partial charge in [0.2, 0.25) is 5.91 Å². The monoisotopic (exact) mass is 337 g/mol. The van der Waals surface area contributed by atoms with Crippen molar-refractivity contribution in [2.75, 3.05) is 32.1 Å². The number of likely N-dealkylation sites (N-methyl/N-ethyl adjacent to an activating group) is 1. The summed E-state index contributed by atoms with van der Waals surface area (Å²) >= 11 is 1.76. The first-order chi connectivity index (χ1) is 11.1. The van der Waals surface area contributed by atoms with Gasteiger partial charge in [-0.25, -0.2) is 0 Å². The quantitative estimate of drug-likeness (QED) is 0.899. The smallest absolute Gasteiger partial charge is 0.289 e. The van der Waals surface area contributed by atoms with Crippen LogP contribution in [0.25, 0.3) is 0 Å². The highest BCUT2D eigenvalue weighted by atomic mass is 32.2. The largest absolute Gasteiger partial charge is 0.459 e. The van der Waals surface area contributed by atoms with E-state index in [0.29, 0.717) is 18.8 Å². The van der Waals surface area contributed by atoms with Crippen LogP contribution in [0.5, 0.6) is 0 Å². The number of nitrogens with zero attached hydrogens (tertiary/aromatic N) is 2. The molecule has 3 rings (SSSR count). The lowest BCUT2D eigenvalue weighted by Gasteiger charge is -2.43. The molecular weight excluding hydrogens is 314 g/mol. The van der Waals surface area contributed by atoms with Crippen LogP contribution in [-0.4, -0.2) is 65.5 Å². The predicted octanol–water partition coefficient (Wildman–Crippen LogP) is 1.40. The number of furan rings is 1. The number of thioether (sulfide) groups is 1. The van der Waals surface area contributed by atoms with Gasteiger partial charge in [0.25, 0.3) is 5.91 Å². The third-order valence-electron chi connectivity index (χ3n) is 4.93. The molecule has 23 heavy (non-hydrogen) atoms. The molecule has 2 aliphatic rings. The zero-order chi connectivity index (χ0) is 16.4. The summed E-state index contributed by atoms with van der Waals surface area (Å²) < 4.78 is 5.19. The molecule has 0 radical (unpaired) electrons. The number of hydrogen-bond acceptors (Lipinski definition) is 5. The summed E-state index contributed by atoms with van der Waals surface area (Å²) in [6.07, 6.45) is 5.91. The molecule has 2 aliphatic heterocycles. The van der Waals surface area contributed by atoms with Crippen molar-refractivity contribution in [1.82, 2.24) is 15.1 Å². The summed E-state index contributed by atoms with van der Waals surface area (Å²) in [7, 11) is 1.87. The minimum atomic E-state index is -0.305. The van der Waals surface area contributed by atoms with Crippen molar-refractivity contribution in [2.45, 2.75) is 31.0 Å². The van der Waals surface area contributed by atoms with Crippen LogP contribution < -0.4 is 5.32 Å². The van der Waals surface area contributed by atoms with E-state index in [4.69, 9.17) is 4.42 Å². The van der Waals surface area contributed by atoms with Crippen molar-refractivity contribution in [3.8, 4) is 0 Å². The van der Waals surface area contributed by atoms with Crippen LogP contribution in [0, 0.1) is 0 Å². The molecule has 3 heterocycles. The van der Waals surface area contributed by atoms with Crippen molar-refractivity contribution in [3.63, 3.8) is 0 Å². The van der Waals surface area contributed by atoms with Crippen LogP contribution in [0.4, 0.5) is 0 Å². The highest BCUT2D eigenvalue weighted by molar-refractivity contribution is 7.98. The molecule has 7 heteroatoms. The van der Waals surface area contributed by atoms with Crippen LogP contribution in [0.15, 0.2) is 22.8 Å². The van der Waals surface area contributed by atoms with E-state index >= 15 is 0 Å². The van der Waals surface area contributed by atoms with Crippen molar-refractivity contribution < 1.29 is 14.0 Å². The predicted molar refractivity (Wildman–Crippen MR) is 89.3 cm³/mol. The van der Waals surface area contributed by atoms with E-state index in [-0.39, 0.29) is 23.5 Å². The van der Waals surface area contributed by atoms with E-state index in [1.54, 1.807) is 28.8 Å². The Kier molecular flexibility index (Phi) is 4.68. The van der Waals surface area contributed by atoms with Gasteiger partial charge in [-0.1, -0.05) is 0 Å². The Bertz CT molecular complexity index is 567. The molecule has 2 amide bonds. The summed E-state index contributed by atoms with van der Waals surface area (Å²) in [6.45, 7) is 1.25. The third kappa shape index (κ3) is 2.99. The van der Waals surface area contributed by atoms with Gasteiger partial charge in [0, 0.05) is 33.0 Å². The summed E-state index contributed by atoms with van der Waals surface area (Å²) in [4.78, 5) is 28.4. The average molecular weight is 337 g/mol. The van der Waals surface area contributed by atoms with Crippen LogP contribution >= 0.6 is 11.8 Å². The second-order valence-electron chi connectivity index (χ2n) is 6.18. The van der Waals surface area contributed by atoms with Crippen LogP contribution in [0.3, 0.4) is 0 Å². The Morgan fingerprint density at radius 3 is 2.83 bits per heavy atom. The minimum Gasteiger partial charge on any atom is -0.459 e. The maximum Gasteiger partial charge on any atom is 0.289 e. The van der Waals surface area contributed by atoms with E-state index in [1.165, 1.54) is 6.26 Å². The standard InChI is InChI=1S/C16H23N3O3S/c1-18-14(20)12(5-11-23-2)17-16(18)6-8-19(9-7-16)15(21)13-4-3-10-22-13/h3-4,10,12,17H,5-9,11H2,1-2H3. The number of likely N-dealkylation sites (tertiary alicyclic amines) is 1. The van der Waals surface area contributed by atoms with Gasteiger partial charge in [-0.05, 0) is 30.6 Å². The molecule has 1 N–H and O–H groups in total. The average Bonchev–Trinajstić information content (AvgIpc) is 3.18. The summed E-state index contributed by atoms with van der Waals surface area (Å²) in [5, 5.41) is 3.54. The number of carbonyl (C=O) groups is 2. The topological polar surface area (TPSA) is 65.8 Å². The van der Waals surface area contributed by atoms with Gasteiger partial charge in [0.05, 0.1) is 18.0 Å². The van der Waals surface area contributed by atoms with E-state index < -0.39 is 0 Å². The molecular formula is C16H23N3O3S. The molecule has 6 nitrogen and oxygen atoms in total. The van der Waals surface area contributed by atoms with Crippen molar-refractivity contribution in [3.05, 3.63) is 24.2 Å². The molecule has 0 saturated carbocycles. The number of nitrogens with one attached hydrogen (secondary N) is 1. The fourth-order valence-electron chi connectivity index (χ4n) is 3.47. The molecule has 126 valence electrons. The Balaban J connectivity index is 1.63. The zero-order valence-corrected chi connectivity index (χ0v) is 14.4.